The molecule has 0 saturated carbocycles. The Hall–Kier alpha value is -5.66. The van der Waals surface area contributed by atoms with E-state index in [4.69, 9.17) is 0 Å². The van der Waals surface area contributed by atoms with Crippen LogP contribution in [0.2, 0.25) is 0 Å². The molecule has 2 aliphatic rings. The summed E-state index contributed by atoms with van der Waals surface area (Å²) in [6.45, 7) is 0. The first-order valence-electron chi connectivity index (χ1n) is 15.3. The van der Waals surface area contributed by atoms with E-state index >= 15 is 0 Å². The molecule has 0 heterocycles. The molecule has 0 N–H and O–H groups in total. The van der Waals surface area contributed by atoms with Gasteiger partial charge in [0, 0.05) is 16.9 Å². The van der Waals surface area contributed by atoms with Crippen LogP contribution in [0.3, 0.4) is 0 Å². The van der Waals surface area contributed by atoms with Crippen LogP contribution in [-0.2, 0) is 5.41 Å². The molecule has 0 fully saturated rings. The van der Waals surface area contributed by atoms with Gasteiger partial charge in [-0.3, -0.25) is 0 Å². The van der Waals surface area contributed by atoms with Crippen LogP contribution >= 0.6 is 0 Å². The number of hydrogen-bond donors (Lipinski definition) is 0. The molecule has 1 heteroatoms. The zero-order chi connectivity index (χ0) is 29.1. The van der Waals surface area contributed by atoms with Gasteiger partial charge in [-0.05, 0) is 80.4 Å². The molecule has 1 nitrogen and oxygen atoms in total. The average Bonchev–Trinajstić information content (AvgIpc) is 3.57. The third kappa shape index (κ3) is 3.41. The van der Waals surface area contributed by atoms with E-state index in [2.05, 4.69) is 181 Å². The summed E-state index contributed by atoms with van der Waals surface area (Å²) in [5, 5.41) is 0. The van der Waals surface area contributed by atoms with Gasteiger partial charge in [0.2, 0.25) is 0 Å². The van der Waals surface area contributed by atoms with Gasteiger partial charge >= 0.3 is 0 Å². The summed E-state index contributed by atoms with van der Waals surface area (Å²) in [6, 6.07) is 64.3. The molecule has 0 unspecified atom stereocenters. The lowest BCUT2D eigenvalue weighted by atomic mass is 9.70. The highest BCUT2D eigenvalue weighted by molar-refractivity contribution is 5.97. The van der Waals surface area contributed by atoms with E-state index in [1.165, 1.54) is 55.6 Å². The van der Waals surface area contributed by atoms with E-state index in [1.807, 2.05) is 0 Å². The molecule has 0 aliphatic heterocycles. The van der Waals surface area contributed by atoms with Gasteiger partial charge in [0.15, 0.2) is 0 Å². The maximum atomic E-state index is 2.46. The highest BCUT2D eigenvalue weighted by atomic mass is 15.1. The van der Waals surface area contributed by atoms with Gasteiger partial charge in [-0.25, -0.2) is 0 Å². The van der Waals surface area contributed by atoms with Crippen LogP contribution in [0.1, 0.15) is 22.3 Å². The van der Waals surface area contributed by atoms with E-state index < -0.39 is 0 Å². The minimum absolute atomic E-state index is 0.379. The van der Waals surface area contributed by atoms with Crippen molar-refractivity contribution in [2.24, 2.45) is 0 Å². The fraction of sp³-hybridized carbons (Fsp3) is 0.0233. The summed E-state index contributed by atoms with van der Waals surface area (Å²) >= 11 is 0. The molecule has 0 bridgehead atoms. The standard InChI is InChI=1S/C43H29N/c1-3-15-30(16-4-1)33-19-10-14-26-42(33)44(31-17-5-2-6-18-31)32-27-28-37-36-22-9-13-25-40(36)43(41(37)29-32)38-23-11-7-20-34(38)35-21-8-12-24-39(35)43/h1-29H. The SMILES string of the molecule is c1ccc(-c2ccccc2N(c2ccccc2)c2ccc3c(c2)C2(c4ccccc4-c4ccccc42)c2ccccc2-3)cc1. The maximum Gasteiger partial charge on any atom is 0.0726 e. The highest BCUT2D eigenvalue weighted by Crippen LogP contribution is 2.63. The zero-order valence-corrected chi connectivity index (χ0v) is 24.2. The first-order valence-corrected chi connectivity index (χ1v) is 15.3. The van der Waals surface area contributed by atoms with Gasteiger partial charge in [-0.1, -0.05) is 146 Å². The Morgan fingerprint density at radius 2 is 0.773 bits per heavy atom. The van der Waals surface area contributed by atoms with Crippen LogP contribution in [0, 0.1) is 0 Å². The van der Waals surface area contributed by atoms with E-state index in [9.17, 15) is 0 Å². The second-order valence-corrected chi connectivity index (χ2v) is 11.7. The highest BCUT2D eigenvalue weighted by Gasteiger charge is 2.51. The molecule has 7 aromatic rings. The predicted octanol–water partition coefficient (Wildman–Crippen LogP) is 11.2. The molecule has 0 saturated heterocycles. The number of anilines is 3. The Morgan fingerprint density at radius 1 is 0.318 bits per heavy atom. The summed E-state index contributed by atoms with van der Waals surface area (Å²) in [4.78, 5) is 2.42. The van der Waals surface area contributed by atoms with Gasteiger partial charge in [0.05, 0.1) is 11.1 Å². The van der Waals surface area contributed by atoms with E-state index in [0.717, 1.165) is 17.1 Å². The first-order chi connectivity index (χ1) is 21.9. The molecule has 0 amide bonds. The fourth-order valence-corrected chi connectivity index (χ4v) is 7.76. The fourth-order valence-electron chi connectivity index (χ4n) is 7.76. The van der Waals surface area contributed by atoms with Crippen molar-refractivity contribution in [2.45, 2.75) is 5.41 Å². The van der Waals surface area contributed by atoms with E-state index in [1.54, 1.807) is 0 Å². The lowest BCUT2D eigenvalue weighted by molar-refractivity contribution is 0.793. The molecule has 9 rings (SSSR count). The van der Waals surface area contributed by atoms with Gasteiger partial charge in [-0.2, -0.15) is 0 Å². The third-order valence-corrected chi connectivity index (χ3v) is 9.48. The van der Waals surface area contributed by atoms with Crippen molar-refractivity contribution < 1.29 is 0 Å². The second-order valence-electron chi connectivity index (χ2n) is 11.7. The normalized spacial score (nSPS) is 13.2. The van der Waals surface area contributed by atoms with Crippen molar-refractivity contribution >= 4 is 17.1 Å². The van der Waals surface area contributed by atoms with Gasteiger partial charge in [0.25, 0.3) is 0 Å². The molecule has 0 atom stereocenters. The van der Waals surface area contributed by atoms with E-state index in [0.29, 0.717) is 0 Å². The van der Waals surface area contributed by atoms with Crippen molar-refractivity contribution in [3.05, 3.63) is 198 Å². The summed E-state index contributed by atoms with van der Waals surface area (Å²) < 4.78 is 0. The first kappa shape index (κ1) is 24.9. The monoisotopic (exact) mass is 559 g/mol. The molecular weight excluding hydrogens is 530 g/mol. The number of rotatable bonds is 4. The van der Waals surface area contributed by atoms with Gasteiger partial charge in [-0.15, -0.1) is 0 Å². The van der Waals surface area contributed by atoms with Crippen LogP contribution in [0.5, 0.6) is 0 Å². The Labute approximate surface area is 258 Å². The van der Waals surface area contributed by atoms with Crippen molar-refractivity contribution in [3.63, 3.8) is 0 Å². The minimum atomic E-state index is -0.379. The Morgan fingerprint density at radius 3 is 1.36 bits per heavy atom. The summed E-state index contributed by atoms with van der Waals surface area (Å²) in [6.07, 6.45) is 0. The molecular formula is C43H29N. The smallest absolute Gasteiger partial charge is 0.0726 e. The molecule has 0 aromatic heterocycles. The molecule has 44 heavy (non-hydrogen) atoms. The zero-order valence-electron chi connectivity index (χ0n) is 24.2. The molecule has 206 valence electrons. The number of para-hydroxylation sites is 2. The number of nitrogens with zero attached hydrogens (tertiary/aromatic N) is 1. The number of benzene rings is 7. The van der Waals surface area contributed by atoms with Crippen LogP contribution in [-0.4, -0.2) is 0 Å². The van der Waals surface area contributed by atoms with E-state index in [-0.39, 0.29) is 5.41 Å². The summed E-state index contributed by atoms with van der Waals surface area (Å²) in [5.74, 6) is 0. The molecule has 7 aromatic carbocycles. The van der Waals surface area contributed by atoms with Crippen LogP contribution < -0.4 is 4.90 Å². The van der Waals surface area contributed by atoms with Gasteiger partial charge in [0.1, 0.15) is 0 Å². The van der Waals surface area contributed by atoms with Crippen molar-refractivity contribution in [1.82, 2.24) is 0 Å². The predicted molar refractivity (Wildman–Crippen MR) is 183 cm³/mol. The topological polar surface area (TPSA) is 3.24 Å². The summed E-state index contributed by atoms with van der Waals surface area (Å²) in [5.41, 5.74) is 16.2. The number of fused-ring (bicyclic) bond motifs is 10. The summed E-state index contributed by atoms with van der Waals surface area (Å²) in [7, 11) is 0. The van der Waals surface area contributed by atoms with Crippen LogP contribution in [0.15, 0.2) is 176 Å². The Bertz CT molecular complexity index is 2110. The Kier molecular flexibility index (Phi) is 5.48. The lowest BCUT2D eigenvalue weighted by Crippen LogP contribution is -2.26. The largest absolute Gasteiger partial charge is 0.310 e. The molecule has 1 spiro atoms. The maximum absolute atomic E-state index is 2.46. The molecule has 0 radical (unpaired) electrons. The number of hydrogen-bond acceptors (Lipinski definition) is 1. The van der Waals surface area contributed by atoms with Crippen molar-refractivity contribution in [2.75, 3.05) is 4.90 Å². The minimum Gasteiger partial charge on any atom is -0.310 e. The van der Waals surface area contributed by atoms with Crippen molar-refractivity contribution in [1.29, 1.82) is 0 Å². The average molecular weight is 560 g/mol. The Balaban J connectivity index is 1.35. The second kappa shape index (κ2) is 9.69. The van der Waals surface area contributed by atoms with Crippen molar-refractivity contribution in [3.8, 4) is 33.4 Å². The van der Waals surface area contributed by atoms with Gasteiger partial charge < -0.3 is 4.90 Å². The third-order valence-electron chi connectivity index (χ3n) is 9.48. The quantitative estimate of drug-likeness (QED) is 0.207. The van der Waals surface area contributed by atoms with Crippen LogP contribution in [0.4, 0.5) is 17.1 Å². The van der Waals surface area contributed by atoms with Crippen LogP contribution in [0.25, 0.3) is 33.4 Å². The lowest BCUT2D eigenvalue weighted by Gasteiger charge is -2.32. The molecule has 2 aliphatic carbocycles.